The highest BCUT2D eigenvalue weighted by atomic mass is 16.5. The lowest BCUT2D eigenvalue weighted by Crippen LogP contribution is -2.49. The number of rotatable bonds is 4. The first-order chi connectivity index (χ1) is 5.83. The molecule has 0 aromatic rings. The largest absolute Gasteiger partial charge is 0.377 e. The van der Waals surface area contributed by atoms with E-state index in [1.807, 2.05) is 7.11 Å². The first-order valence-electron chi connectivity index (χ1n) is 4.79. The Balaban J connectivity index is 2.37. The molecule has 3 nitrogen and oxygen atoms in total. The average Bonchev–Trinajstić information content (AvgIpc) is 2.16. The van der Waals surface area contributed by atoms with Crippen LogP contribution < -0.4 is 10.6 Å². The third-order valence-corrected chi connectivity index (χ3v) is 2.64. The standard InChI is InChI=1S/C9H20N2O/c1-3-10-8-9(12-2)4-6-11-7-5-9/h10-11H,3-8H2,1-2H3. The molecule has 0 radical (unpaired) electrons. The minimum atomic E-state index is 0.0985. The summed E-state index contributed by atoms with van der Waals surface area (Å²) in [6, 6.07) is 0. The van der Waals surface area contributed by atoms with Gasteiger partial charge < -0.3 is 15.4 Å². The Hall–Kier alpha value is -0.120. The predicted molar refractivity (Wildman–Crippen MR) is 50.4 cm³/mol. The van der Waals surface area contributed by atoms with Gasteiger partial charge in [0.25, 0.3) is 0 Å². The Labute approximate surface area is 74.9 Å². The van der Waals surface area contributed by atoms with Crippen LogP contribution in [0, 0.1) is 0 Å². The smallest absolute Gasteiger partial charge is 0.0826 e. The normalized spacial score (nSPS) is 22.5. The van der Waals surface area contributed by atoms with E-state index in [4.69, 9.17) is 4.74 Å². The molecule has 2 N–H and O–H groups in total. The molecule has 0 amide bonds. The van der Waals surface area contributed by atoms with Gasteiger partial charge in [0.1, 0.15) is 0 Å². The second-order valence-electron chi connectivity index (χ2n) is 3.42. The molecule has 0 atom stereocenters. The van der Waals surface area contributed by atoms with E-state index < -0.39 is 0 Å². The van der Waals surface area contributed by atoms with Gasteiger partial charge in [0.05, 0.1) is 5.60 Å². The van der Waals surface area contributed by atoms with Crippen LogP contribution in [0.4, 0.5) is 0 Å². The van der Waals surface area contributed by atoms with Crippen molar-refractivity contribution in [3.05, 3.63) is 0 Å². The van der Waals surface area contributed by atoms with Crippen LogP contribution in [0.2, 0.25) is 0 Å². The van der Waals surface area contributed by atoms with E-state index in [9.17, 15) is 0 Å². The summed E-state index contributed by atoms with van der Waals surface area (Å²) in [4.78, 5) is 0. The van der Waals surface area contributed by atoms with Crippen LogP contribution in [-0.4, -0.2) is 38.9 Å². The molecular formula is C9H20N2O. The van der Waals surface area contributed by atoms with Crippen molar-refractivity contribution in [1.82, 2.24) is 10.6 Å². The molecule has 72 valence electrons. The van der Waals surface area contributed by atoms with Gasteiger partial charge in [-0.15, -0.1) is 0 Å². The zero-order chi connectivity index (χ0) is 8.86. The van der Waals surface area contributed by atoms with Crippen molar-refractivity contribution in [3.63, 3.8) is 0 Å². The Morgan fingerprint density at radius 1 is 1.42 bits per heavy atom. The monoisotopic (exact) mass is 172 g/mol. The lowest BCUT2D eigenvalue weighted by Gasteiger charge is -2.36. The van der Waals surface area contributed by atoms with Gasteiger partial charge in [-0.1, -0.05) is 6.92 Å². The summed E-state index contributed by atoms with van der Waals surface area (Å²) in [6.07, 6.45) is 2.24. The first-order valence-corrected chi connectivity index (χ1v) is 4.79. The van der Waals surface area contributed by atoms with Gasteiger partial charge >= 0.3 is 0 Å². The number of ether oxygens (including phenoxy) is 1. The molecule has 3 heteroatoms. The quantitative estimate of drug-likeness (QED) is 0.642. The zero-order valence-electron chi connectivity index (χ0n) is 8.15. The minimum Gasteiger partial charge on any atom is -0.377 e. The van der Waals surface area contributed by atoms with Crippen molar-refractivity contribution < 1.29 is 4.74 Å². The van der Waals surface area contributed by atoms with Crippen LogP contribution in [0.25, 0.3) is 0 Å². The maximum absolute atomic E-state index is 5.58. The Bertz CT molecular complexity index is 122. The highest BCUT2D eigenvalue weighted by molar-refractivity contribution is 4.87. The van der Waals surface area contributed by atoms with Crippen molar-refractivity contribution in [3.8, 4) is 0 Å². The fourth-order valence-electron chi connectivity index (χ4n) is 1.69. The summed E-state index contributed by atoms with van der Waals surface area (Å²) in [5.41, 5.74) is 0.0985. The summed E-state index contributed by atoms with van der Waals surface area (Å²) >= 11 is 0. The molecule has 12 heavy (non-hydrogen) atoms. The molecule has 1 heterocycles. The molecular weight excluding hydrogens is 152 g/mol. The van der Waals surface area contributed by atoms with Crippen molar-refractivity contribution in [2.24, 2.45) is 0 Å². The summed E-state index contributed by atoms with van der Waals surface area (Å²) in [7, 11) is 1.82. The van der Waals surface area contributed by atoms with Gasteiger partial charge in [-0.25, -0.2) is 0 Å². The van der Waals surface area contributed by atoms with Crippen LogP contribution >= 0.6 is 0 Å². The Morgan fingerprint density at radius 2 is 2.08 bits per heavy atom. The Kier molecular flexibility index (Phi) is 3.98. The van der Waals surface area contributed by atoms with E-state index >= 15 is 0 Å². The van der Waals surface area contributed by atoms with Gasteiger partial charge in [-0.05, 0) is 32.5 Å². The summed E-state index contributed by atoms with van der Waals surface area (Å²) in [6.45, 7) is 6.31. The van der Waals surface area contributed by atoms with Crippen molar-refractivity contribution >= 4 is 0 Å². The fourth-order valence-corrected chi connectivity index (χ4v) is 1.69. The summed E-state index contributed by atoms with van der Waals surface area (Å²) in [5, 5.41) is 6.70. The second-order valence-corrected chi connectivity index (χ2v) is 3.42. The SMILES string of the molecule is CCNCC1(OC)CCNCC1. The second kappa shape index (κ2) is 4.80. The van der Waals surface area contributed by atoms with Crippen molar-refractivity contribution in [2.75, 3.05) is 33.3 Å². The number of methoxy groups -OCH3 is 1. The van der Waals surface area contributed by atoms with E-state index in [0.717, 1.165) is 39.0 Å². The van der Waals surface area contributed by atoms with E-state index in [2.05, 4.69) is 17.6 Å². The van der Waals surface area contributed by atoms with Crippen LogP contribution in [0.3, 0.4) is 0 Å². The van der Waals surface area contributed by atoms with Gasteiger partial charge in [0, 0.05) is 13.7 Å². The topological polar surface area (TPSA) is 33.3 Å². The first kappa shape index (κ1) is 9.96. The third kappa shape index (κ3) is 2.44. The summed E-state index contributed by atoms with van der Waals surface area (Å²) in [5.74, 6) is 0. The molecule has 0 aromatic carbocycles. The lowest BCUT2D eigenvalue weighted by molar-refractivity contribution is -0.0320. The highest BCUT2D eigenvalue weighted by Gasteiger charge is 2.30. The molecule has 0 aromatic heterocycles. The number of piperidine rings is 1. The molecule has 0 saturated carbocycles. The predicted octanol–water partition coefficient (Wildman–Crippen LogP) is 0.364. The van der Waals surface area contributed by atoms with Gasteiger partial charge in [0.2, 0.25) is 0 Å². The van der Waals surface area contributed by atoms with Crippen LogP contribution in [-0.2, 0) is 4.74 Å². The molecule has 0 unspecified atom stereocenters. The van der Waals surface area contributed by atoms with Gasteiger partial charge in [0.15, 0.2) is 0 Å². The molecule has 0 bridgehead atoms. The zero-order valence-corrected chi connectivity index (χ0v) is 8.15. The van der Waals surface area contributed by atoms with Crippen molar-refractivity contribution in [1.29, 1.82) is 0 Å². The van der Waals surface area contributed by atoms with Gasteiger partial charge in [-0.3, -0.25) is 0 Å². The fraction of sp³-hybridized carbons (Fsp3) is 1.00. The van der Waals surface area contributed by atoms with Crippen LogP contribution in [0.1, 0.15) is 19.8 Å². The Morgan fingerprint density at radius 3 is 2.58 bits per heavy atom. The highest BCUT2D eigenvalue weighted by Crippen LogP contribution is 2.20. The molecule has 1 saturated heterocycles. The molecule has 0 aliphatic carbocycles. The van der Waals surface area contributed by atoms with E-state index in [0.29, 0.717) is 0 Å². The minimum absolute atomic E-state index is 0.0985. The van der Waals surface area contributed by atoms with Gasteiger partial charge in [-0.2, -0.15) is 0 Å². The molecule has 1 fully saturated rings. The van der Waals surface area contributed by atoms with Crippen LogP contribution in [0.5, 0.6) is 0 Å². The number of nitrogens with one attached hydrogen (secondary N) is 2. The maximum atomic E-state index is 5.58. The average molecular weight is 172 g/mol. The van der Waals surface area contributed by atoms with Crippen LogP contribution in [0.15, 0.2) is 0 Å². The summed E-state index contributed by atoms with van der Waals surface area (Å²) < 4.78 is 5.58. The number of hydrogen-bond donors (Lipinski definition) is 2. The molecule has 1 aliphatic rings. The van der Waals surface area contributed by atoms with E-state index in [1.54, 1.807) is 0 Å². The molecule has 1 rings (SSSR count). The number of hydrogen-bond acceptors (Lipinski definition) is 3. The third-order valence-electron chi connectivity index (χ3n) is 2.64. The molecule has 0 spiro atoms. The van der Waals surface area contributed by atoms with Crippen molar-refractivity contribution in [2.45, 2.75) is 25.4 Å². The lowest BCUT2D eigenvalue weighted by atomic mass is 9.92. The van der Waals surface area contributed by atoms with E-state index in [-0.39, 0.29) is 5.60 Å². The number of likely N-dealkylation sites (N-methyl/N-ethyl adjacent to an activating group) is 1. The molecule has 1 aliphatic heterocycles. The van der Waals surface area contributed by atoms with E-state index in [1.165, 1.54) is 0 Å². The maximum Gasteiger partial charge on any atom is 0.0826 e.